The van der Waals surface area contributed by atoms with Crippen molar-refractivity contribution in [2.24, 2.45) is 0 Å². The summed E-state index contributed by atoms with van der Waals surface area (Å²) in [5.41, 5.74) is -0.606. The van der Waals surface area contributed by atoms with Crippen LogP contribution in [0.15, 0.2) is 29.0 Å². The molecule has 21 heavy (non-hydrogen) atoms. The fourth-order valence-electron chi connectivity index (χ4n) is 1.55. The number of ether oxygens (including phenoxy) is 1. The van der Waals surface area contributed by atoms with Gasteiger partial charge in [0.05, 0.1) is 18.4 Å². The van der Waals surface area contributed by atoms with Crippen molar-refractivity contribution < 1.29 is 17.9 Å². The first-order valence-electron chi connectivity index (χ1n) is 5.51. The molecule has 0 aliphatic heterocycles. The molecule has 0 spiro atoms. The van der Waals surface area contributed by atoms with Crippen molar-refractivity contribution in [2.45, 2.75) is 6.18 Å². The molecule has 0 fully saturated rings. The van der Waals surface area contributed by atoms with E-state index < -0.39 is 11.7 Å². The van der Waals surface area contributed by atoms with Crippen molar-refractivity contribution in [3.05, 3.63) is 39.7 Å². The maximum atomic E-state index is 12.7. The number of aromatic nitrogens is 2. The van der Waals surface area contributed by atoms with Gasteiger partial charge in [0, 0.05) is 4.47 Å². The van der Waals surface area contributed by atoms with E-state index in [1.165, 1.54) is 19.5 Å². The third-order valence-electron chi connectivity index (χ3n) is 2.51. The van der Waals surface area contributed by atoms with Crippen molar-refractivity contribution in [1.82, 2.24) is 9.97 Å². The van der Waals surface area contributed by atoms with Gasteiger partial charge in [-0.15, -0.1) is 0 Å². The summed E-state index contributed by atoms with van der Waals surface area (Å²) in [6.07, 6.45) is -3.26. The van der Waals surface area contributed by atoms with Crippen molar-refractivity contribution in [3.63, 3.8) is 0 Å². The number of rotatable bonds is 3. The fraction of sp³-hybridized carbons (Fsp3) is 0.167. The first-order chi connectivity index (χ1) is 9.82. The number of anilines is 2. The third kappa shape index (κ3) is 3.56. The van der Waals surface area contributed by atoms with Gasteiger partial charge in [-0.25, -0.2) is 9.97 Å². The Morgan fingerprint density at radius 1 is 1.29 bits per heavy atom. The minimum atomic E-state index is -4.44. The molecule has 0 aliphatic carbocycles. The maximum Gasteiger partial charge on any atom is 0.416 e. The van der Waals surface area contributed by atoms with Gasteiger partial charge in [0.25, 0.3) is 0 Å². The Hall–Kier alpha value is -1.54. The number of nitrogens with one attached hydrogen (secondary N) is 1. The summed E-state index contributed by atoms with van der Waals surface area (Å²) < 4.78 is 43.7. The molecule has 0 unspecified atom stereocenters. The van der Waals surface area contributed by atoms with Gasteiger partial charge < -0.3 is 10.1 Å². The highest BCUT2D eigenvalue weighted by Gasteiger charge is 2.31. The molecule has 0 amide bonds. The van der Waals surface area contributed by atoms with Crippen LogP contribution in [0.5, 0.6) is 5.75 Å². The molecule has 2 rings (SSSR count). The van der Waals surface area contributed by atoms with Gasteiger partial charge in [-0.2, -0.15) is 13.2 Å². The minimum absolute atomic E-state index is 0.0538. The normalized spacial score (nSPS) is 11.3. The largest absolute Gasteiger partial charge is 0.490 e. The summed E-state index contributed by atoms with van der Waals surface area (Å²) in [4.78, 5) is 7.63. The second kappa shape index (κ2) is 6.07. The standard InChI is InChI=1S/C12H8BrClF3N3O/c1-21-9-10(14)18-5-19-11(9)20-8-4-6(12(15,16)17)2-3-7(8)13/h2-5H,1H3,(H,18,19,20). The van der Waals surface area contributed by atoms with Crippen molar-refractivity contribution >= 4 is 39.0 Å². The lowest BCUT2D eigenvalue weighted by Gasteiger charge is -2.14. The average molecular weight is 383 g/mol. The summed E-state index contributed by atoms with van der Waals surface area (Å²) in [6, 6.07) is 3.22. The zero-order valence-corrected chi connectivity index (χ0v) is 12.8. The molecule has 1 aromatic carbocycles. The number of methoxy groups -OCH3 is 1. The molecule has 0 bridgehead atoms. The highest BCUT2D eigenvalue weighted by atomic mass is 79.9. The van der Waals surface area contributed by atoms with Gasteiger partial charge >= 0.3 is 6.18 Å². The van der Waals surface area contributed by atoms with Crippen LogP contribution in [-0.4, -0.2) is 17.1 Å². The number of hydrogen-bond donors (Lipinski definition) is 1. The number of hydrogen-bond acceptors (Lipinski definition) is 4. The van der Waals surface area contributed by atoms with Crippen molar-refractivity contribution in [1.29, 1.82) is 0 Å². The van der Waals surface area contributed by atoms with E-state index in [0.717, 1.165) is 12.1 Å². The SMILES string of the molecule is COc1c(Cl)ncnc1Nc1cc(C(F)(F)F)ccc1Br. The summed E-state index contributed by atoms with van der Waals surface area (Å²) in [5, 5.41) is 2.79. The maximum absolute atomic E-state index is 12.7. The Morgan fingerprint density at radius 3 is 2.62 bits per heavy atom. The predicted octanol–water partition coefficient (Wildman–Crippen LogP) is 4.66. The predicted molar refractivity (Wildman–Crippen MR) is 76.0 cm³/mol. The number of alkyl halides is 3. The Morgan fingerprint density at radius 2 is 2.00 bits per heavy atom. The molecule has 4 nitrogen and oxygen atoms in total. The van der Waals surface area contributed by atoms with E-state index >= 15 is 0 Å². The van der Waals surface area contributed by atoms with E-state index in [0.29, 0.717) is 4.47 Å². The fourth-order valence-corrected chi connectivity index (χ4v) is 2.10. The molecule has 2 aromatic rings. The number of halogens is 5. The van der Waals surface area contributed by atoms with Crippen LogP contribution in [0.25, 0.3) is 0 Å². The topological polar surface area (TPSA) is 47.0 Å². The molecule has 1 N–H and O–H groups in total. The van der Waals surface area contributed by atoms with Gasteiger partial charge in [0.1, 0.15) is 6.33 Å². The second-order valence-electron chi connectivity index (χ2n) is 3.86. The van der Waals surface area contributed by atoms with Crippen LogP contribution in [0.1, 0.15) is 5.56 Å². The van der Waals surface area contributed by atoms with E-state index in [1.807, 2.05) is 0 Å². The van der Waals surface area contributed by atoms with Crippen LogP contribution in [0.3, 0.4) is 0 Å². The van der Waals surface area contributed by atoms with E-state index in [9.17, 15) is 13.2 Å². The second-order valence-corrected chi connectivity index (χ2v) is 5.08. The highest BCUT2D eigenvalue weighted by molar-refractivity contribution is 9.10. The molecule has 0 aliphatic rings. The summed E-state index contributed by atoms with van der Waals surface area (Å²) in [7, 11) is 1.36. The monoisotopic (exact) mass is 381 g/mol. The van der Waals surface area contributed by atoms with Gasteiger partial charge in [-0.1, -0.05) is 11.6 Å². The lowest BCUT2D eigenvalue weighted by molar-refractivity contribution is -0.137. The minimum Gasteiger partial charge on any atom is -0.490 e. The molecule has 1 aromatic heterocycles. The van der Waals surface area contributed by atoms with E-state index in [2.05, 4.69) is 31.2 Å². The zero-order valence-electron chi connectivity index (χ0n) is 10.5. The van der Waals surface area contributed by atoms with Gasteiger partial charge in [0.2, 0.25) is 0 Å². The first kappa shape index (κ1) is 15.8. The molecular weight excluding hydrogens is 375 g/mol. The third-order valence-corrected chi connectivity index (χ3v) is 3.47. The van der Waals surface area contributed by atoms with Crippen LogP contribution in [0.2, 0.25) is 5.15 Å². The molecule has 9 heteroatoms. The van der Waals surface area contributed by atoms with E-state index in [4.69, 9.17) is 16.3 Å². The van der Waals surface area contributed by atoms with Gasteiger partial charge in [0.15, 0.2) is 16.7 Å². The Labute approximate surface area is 131 Å². The van der Waals surface area contributed by atoms with Crippen molar-refractivity contribution in [2.75, 3.05) is 12.4 Å². The van der Waals surface area contributed by atoms with Crippen molar-refractivity contribution in [3.8, 4) is 5.75 Å². The lowest BCUT2D eigenvalue weighted by Crippen LogP contribution is -2.06. The molecular formula is C12H8BrClF3N3O. The molecule has 0 saturated heterocycles. The molecule has 0 radical (unpaired) electrons. The molecule has 112 valence electrons. The molecule has 0 atom stereocenters. The number of nitrogens with zero attached hydrogens (tertiary/aromatic N) is 2. The summed E-state index contributed by atoms with van der Waals surface area (Å²) >= 11 is 9.00. The summed E-state index contributed by atoms with van der Waals surface area (Å²) in [6.45, 7) is 0. The molecule has 0 saturated carbocycles. The Balaban J connectivity index is 2.42. The number of benzene rings is 1. The highest BCUT2D eigenvalue weighted by Crippen LogP contribution is 2.37. The van der Waals surface area contributed by atoms with E-state index in [-0.39, 0.29) is 22.4 Å². The lowest BCUT2D eigenvalue weighted by atomic mass is 10.2. The summed E-state index contributed by atoms with van der Waals surface area (Å²) in [5.74, 6) is 0.306. The average Bonchev–Trinajstić information content (AvgIpc) is 2.40. The van der Waals surface area contributed by atoms with Crippen LogP contribution >= 0.6 is 27.5 Å². The van der Waals surface area contributed by atoms with Gasteiger partial charge in [-0.3, -0.25) is 0 Å². The Bertz CT molecular complexity index is 667. The molecule has 1 heterocycles. The smallest absolute Gasteiger partial charge is 0.416 e. The zero-order chi connectivity index (χ0) is 15.6. The van der Waals surface area contributed by atoms with Gasteiger partial charge in [-0.05, 0) is 34.1 Å². The van der Waals surface area contributed by atoms with Crippen LogP contribution < -0.4 is 10.1 Å². The van der Waals surface area contributed by atoms with Crippen LogP contribution in [0, 0.1) is 0 Å². The van der Waals surface area contributed by atoms with Crippen LogP contribution in [-0.2, 0) is 6.18 Å². The first-order valence-corrected chi connectivity index (χ1v) is 6.68. The van der Waals surface area contributed by atoms with E-state index in [1.54, 1.807) is 0 Å². The quantitative estimate of drug-likeness (QED) is 0.784. The van der Waals surface area contributed by atoms with Crippen LogP contribution in [0.4, 0.5) is 24.7 Å². The Kier molecular flexibility index (Phi) is 4.58.